The molecule has 0 aliphatic carbocycles. The van der Waals surface area contributed by atoms with Gasteiger partial charge in [-0.1, -0.05) is 33.1 Å². The predicted molar refractivity (Wildman–Crippen MR) is 80.4 cm³/mol. The van der Waals surface area contributed by atoms with E-state index in [1.54, 1.807) is 4.90 Å². The normalized spacial score (nSPS) is 17.4. The molecule has 2 amide bonds. The van der Waals surface area contributed by atoms with Crippen molar-refractivity contribution in [1.82, 2.24) is 15.5 Å². The number of nitrogens with zero attached hydrogens (tertiary/aromatic N) is 1. The average molecular weight is 283 g/mol. The van der Waals surface area contributed by atoms with E-state index in [1.807, 2.05) is 0 Å². The van der Waals surface area contributed by atoms with E-state index in [2.05, 4.69) is 24.5 Å². The van der Waals surface area contributed by atoms with Gasteiger partial charge in [0.05, 0.1) is 0 Å². The number of rotatable bonds is 6. The summed E-state index contributed by atoms with van der Waals surface area (Å²) < 4.78 is 0. The Balaban J connectivity index is 2.34. The van der Waals surface area contributed by atoms with Gasteiger partial charge in [0.1, 0.15) is 0 Å². The molecule has 1 aliphatic rings. The van der Waals surface area contributed by atoms with Crippen LogP contribution in [-0.4, -0.2) is 49.4 Å². The van der Waals surface area contributed by atoms with Crippen LogP contribution in [0.3, 0.4) is 0 Å². The Morgan fingerprint density at radius 1 is 1.25 bits per heavy atom. The molecule has 0 bridgehead atoms. The molecule has 116 valence electrons. The van der Waals surface area contributed by atoms with Gasteiger partial charge in [0.2, 0.25) is 0 Å². The maximum atomic E-state index is 12.1. The molecule has 1 rings (SSSR count). The highest BCUT2D eigenvalue weighted by atomic mass is 16.2. The Kier molecular flexibility index (Phi) is 8.26. The van der Waals surface area contributed by atoms with E-state index < -0.39 is 5.91 Å². The molecule has 1 aliphatic heterocycles. The zero-order chi connectivity index (χ0) is 14.8. The van der Waals surface area contributed by atoms with E-state index in [9.17, 15) is 9.59 Å². The van der Waals surface area contributed by atoms with E-state index in [4.69, 9.17) is 0 Å². The molecular formula is C15H29N3O2. The lowest BCUT2D eigenvalue weighted by atomic mass is 9.99. The quantitative estimate of drug-likeness (QED) is 0.719. The first kappa shape index (κ1) is 17.0. The van der Waals surface area contributed by atoms with Gasteiger partial charge in [0, 0.05) is 26.2 Å². The second kappa shape index (κ2) is 9.75. The van der Waals surface area contributed by atoms with Crippen molar-refractivity contribution < 1.29 is 9.59 Å². The van der Waals surface area contributed by atoms with Gasteiger partial charge in [0.15, 0.2) is 0 Å². The van der Waals surface area contributed by atoms with Gasteiger partial charge in [-0.25, -0.2) is 0 Å². The lowest BCUT2D eigenvalue weighted by Crippen LogP contribution is -2.45. The zero-order valence-corrected chi connectivity index (χ0v) is 12.9. The number of carbonyl (C=O) groups is 2. The molecule has 5 heteroatoms. The Labute approximate surface area is 122 Å². The molecule has 0 aromatic heterocycles. The van der Waals surface area contributed by atoms with Gasteiger partial charge in [0.25, 0.3) is 0 Å². The lowest BCUT2D eigenvalue weighted by molar-refractivity contribution is -0.145. The van der Waals surface area contributed by atoms with Crippen LogP contribution in [0.25, 0.3) is 0 Å². The Morgan fingerprint density at radius 2 is 2.05 bits per heavy atom. The molecule has 1 unspecified atom stereocenters. The fraction of sp³-hybridized carbons (Fsp3) is 0.867. The Morgan fingerprint density at radius 3 is 2.75 bits per heavy atom. The summed E-state index contributed by atoms with van der Waals surface area (Å²) in [7, 11) is 0. The molecule has 2 N–H and O–H groups in total. The van der Waals surface area contributed by atoms with E-state index in [1.165, 1.54) is 12.8 Å². The van der Waals surface area contributed by atoms with Gasteiger partial charge in [-0.2, -0.15) is 0 Å². The molecule has 0 aromatic rings. The molecule has 0 spiro atoms. The third-order valence-electron chi connectivity index (χ3n) is 3.92. The summed E-state index contributed by atoms with van der Waals surface area (Å²) in [5, 5.41) is 6.04. The average Bonchev–Trinajstić information content (AvgIpc) is 2.75. The van der Waals surface area contributed by atoms with Gasteiger partial charge in [-0.05, 0) is 25.3 Å². The first-order valence-corrected chi connectivity index (χ1v) is 7.96. The molecule has 1 saturated heterocycles. The van der Waals surface area contributed by atoms with Crippen LogP contribution in [0.2, 0.25) is 0 Å². The minimum Gasteiger partial charge on any atom is -0.348 e. The molecule has 0 radical (unpaired) electrons. The van der Waals surface area contributed by atoms with Crippen molar-refractivity contribution in [2.75, 3.05) is 32.7 Å². The number of unbranched alkanes of at least 4 members (excludes halogenated alkanes) is 1. The van der Waals surface area contributed by atoms with Gasteiger partial charge < -0.3 is 15.5 Å². The number of hydrogen-bond donors (Lipinski definition) is 2. The molecule has 5 nitrogen and oxygen atoms in total. The highest BCUT2D eigenvalue weighted by Crippen LogP contribution is 2.11. The van der Waals surface area contributed by atoms with Crippen molar-refractivity contribution in [3.63, 3.8) is 0 Å². The van der Waals surface area contributed by atoms with Crippen LogP contribution in [0, 0.1) is 5.92 Å². The van der Waals surface area contributed by atoms with E-state index in [0.717, 1.165) is 32.4 Å². The monoisotopic (exact) mass is 283 g/mol. The van der Waals surface area contributed by atoms with Crippen molar-refractivity contribution >= 4 is 11.8 Å². The van der Waals surface area contributed by atoms with Crippen LogP contribution in [0.4, 0.5) is 0 Å². The largest absolute Gasteiger partial charge is 0.348 e. The molecule has 0 saturated carbocycles. The van der Waals surface area contributed by atoms with Gasteiger partial charge in [-0.3, -0.25) is 9.59 Å². The summed E-state index contributed by atoms with van der Waals surface area (Å²) in [5.74, 6) is -0.335. The highest BCUT2D eigenvalue weighted by Gasteiger charge is 2.22. The summed E-state index contributed by atoms with van der Waals surface area (Å²) >= 11 is 0. The SMILES string of the molecule is CCCCC(CC)CNC(=O)C(=O)N1CCCNCC1. The molecule has 1 heterocycles. The van der Waals surface area contributed by atoms with E-state index >= 15 is 0 Å². The number of nitrogens with one attached hydrogen (secondary N) is 2. The number of hydrogen-bond acceptors (Lipinski definition) is 3. The minimum absolute atomic E-state index is 0.376. The van der Waals surface area contributed by atoms with Crippen molar-refractivity contribution in [3.8, 4) is 0 Å². The topological polar surface area (TPSA) is 61.4 Å². The smallest absolute Gasteiger partial charge is 0.311 e. The van der Waals surface area contributed by atoms with Crippen LogP contribution in [0.1, 0.15) is 46.0 Å². The zero-order valence-electron chi connectivity index (χ0n) is 12.9. The van der Waals surface area contributed by atoms with Crippen LogP contribution in [0.15, 0.2) is 0 Å². The minimum atomic E-state index is -0.443. The first-order chi connectivity index (χ1) is 9.69. The first-order valence-electron chi connectivity index (χ1n) is 7.96. The summed E-state index contributed by atoms with van der Waals surface area (Å²) in [6.45, 7) is 7.91. The fourth-order valence-corrected chi connectivity index (χ4v) is 2.45. The predicted octanol–water partition coefficient (Wildman–Crippen LogP) is 1.14. The summed E-state index contributed by atoms with van der Waals surface area (Å²) in [6, 6.07) is 0. The van der Waals surface area contributed by atoms with E-state index in [-0.39, 0.29) is 5.91 Å². The third kappa shape index (κ3) is 5.90. The Hall–Kier alpha value is -1.10. The molecule has 0 aromatic carbocycles. The molecule has 1 atom stereocenters. The van der Waals surface area contributed by atoms with Crippen LogP contribution < -0.4 is 10.6 Å². The van der Waals surface area contributed by atoms with Crippen molar-refractivity contribution in [2.24, 2.45) is 5.92 Å². The molecule has 1 fully saturated rings. The van der Waals surface area contributed by atoms with Crippen LogP contribution in [-0.2, 0) is 9.59 Å². The third-order valence-corrected chi connectivity index (χ3v) is 3.92. The standard InChI is InChI=1S/C15H29N3O2/c1-3-5-7-13(4-2)12-17-14(19)15(20)18-10-6-8-16-9-11-18/h13,16H,3-12H2,1-2H3,(H,17,19). The van der Waals surface area contributed by atoms with Crippen molar-refractivity contribution in [1.29, 1.82) is 0 Å². The molecule has 20 heavy (non-hydrogen) atoms. The van der Waals surface area contributed by atoms with Gasteiger partial charge in [-0.15, -0.1) is 0 Å². The number of amides is 2. The van der Waals surface area contributed by atoms with E-state index in [0.29, 0.717) is 25.6 Å². The number of carbonyl (C=O) groups excluding carboxylic acids is 2. The lowest BCUT2D eigenvalue weighted by Gasteiger charge is -2.20. The van der Waals surface area contributed by atoms with Crippen molar-refractivity contribution in [3.05, 3.63) is 0 Å². The molecular weight excluding hydrogens is 254 g/mol. The summed E-state index contributed by atoms with van der Waals surface area (Å²) in [6.07, 6.45) is 5.43. The summed E-state index contributed by atoms with van der Waals surface area (Å²) in [4.78, 5) is 25.6. The second-order valence-electron chi connectivity index (χ2n) is 5.52. The fourth-order valence-electron chi connectivity index (χ4n) is 2.45. The van der Waals surface area contributed by atoms with Crippen LogP contribution >= 0.6 is 0 Å². The highest BCUT2D eigenvalue weighted by molar-refractivity contribution is 6.35. The maximum Gasteiger partial charge on any atom is 0.311 e. The maximum absolute atomic E-state index is 12.1. The van der Waals surface area contributed by atoms with Crippen molar-refractivity contribution in [2.45, 2.75) is 46.0 Å². The van der Waals surface area contributed by atoms with Crippen LogP contribution in [0.5, 0.6) is 0 Å². The summed E-state index contributed by atoms with van der Waals surface area (Å²) in [5.41, 5.74) is 0. The Bertz CT molecular complexity index is 299. The second-order valence-corrected chi connectivity index (χ2v) is 5.52. The van der Waals surface area contributed by atoms with Gasteiger partial charge >= 0.3 is 11.8 Å².